The molecule has 0 aliphatic carbocycles. The molecule has 1 aromatic carbocycles. The quantitative estimate of drug-likeness (QED) is 0.790. The zero-order valence-electron chi connectivity index (χ0n) is 13.5. The second kappa shape index (κ2) is 5.98. The van der Waals surface area contributed by atoms with Crippen LogP contribution in [0.2, 0.25) is 5.02 Å². The summed E-state index contributed by atoms with van der Waals surface area (Å²) in [5, 5.41) is 5.94. The number of aryl methyl sites for hydroxylation is 1. The molecule has 1 fully saturated rings. The van der Waals surface area contributed by atoms with Gasteiger partial charge in [-0.3, -0.25) is 9.48 Å². The number of carbonyl (C=O) groups excluding carboxylic acids is 1. The SMILES string of the molecule is Cc1cnn(C[C@@H]2CCCN2C(=O)c2c[nH]c3cc(Cl)ccc23)c1. The molecule has 2 aromatic heterocycles. The van der Waals surface area contributed by atoms with Crippen molar-refractivity contribution in [1.82, 2.24) is 19.7 Å². The largest absolute Gasteiger partial charge is 0.360 e. The minimum absolute atomic E-state index is 0.0787. The molecule has 3 aromatic rings. The Balaban J connectivity index is 1.60. The van der Waals surface area contributed by atoms with E-state index in [2.05, 4.69) is 10.1 Å². The fourth-order valence-electron chi connectivity index (χ4n) is 3.51. The average molecular weight is 343 g/mol. The van der Waals surface area contributed by atoms with Crippen LogP contribution in [0.1, 0.15) is 28.8 Å². The van der Waals surface area contributed by atoms with Gasteiger partial charge in [-0.15, -0.1) is 0 Å². The number of fused-ring (bicyclic) bond motifs is 1. The van der Waals surface area contributed by atoms with Gasteiger partial charge in [-0.05, 0) is 37.5 Å². The van der Waals surface area contributed by atoms with Gasteiger partial charge >= 0.3 is 0 Å². The number of aromatic nitrogens is 3. The van der Waals surface area contributed by atoms with Crippen molar-refractivity contribution in [2.75, 3.05) is 6.54 Å². The van der Waals surface area contributed by atoms with Gasteiger partial charge in [0.15, 0.2) is 0 Å². The van der Waals surface area contributed by atoms with E-state index in [9.17, 15) is 4.79 Å². The van der Waals surface area contributed by atoms with Crippen molar-refractivity contribution < 1.29 is 4.79 Å². The number of hydrogen-bond acceptors (Lipinski definition) is 2. The van der Waals surface area contributed by atoms with Gasteiger partial charge in [-0.2, -0.15) is 5.10 Å². The average Bonchev–Trinajstić information content (AvgIpc) is 3.27. The molecule has 1 N–H and O–H groups in total. The standard InChI is InChI=1S/C18H19ClN4O/c1-12-8-21-22(10-12)11-14-3-2-6-23(14)18(24)16-9-20-17-7-13(19)4-5-15(16)17/h4-5,7-10,14,20H,2-3,6,11H2,1H3/t14-/m0/s1. The second-order valence-electron chi connectivity index (χ2n) is 6.43. The van der Waals surface area contributed by atoms with Gasteiger partial charge in [-0.1, -0.05) is 17.7 Å². The number of aromatic amines is 1. The van der Waals surface area contributed by atoms with E-state index in [4.69, 9.17) is 11.6 Å². The number of carbonyl (C=O) groups is 1. The molecular formula is C18H19ClN4O. The number of hydrogen-bond donors (Lipinski definition) is 1. The number of H-pyrrole nitrogens is 1. The normalized spacial score (nSPS) is 17.8. The van der Waals surface area contributed by atoms with Crippen LogP contribution in [0.4, 0.5) is 0 Å². The summed E-state index contributed by atoms with van der Waals surface area (Å²) in [4.78, 5) is 18.2. The van der Waals surface area contributed by atoms with E-state index in [1.54, 1.807) is 6.20 Å². The Bertz CT molecular complexity index is 897. The van der Waals surface area contributed by atoms with Gasteiger partial charge in [0, 0.05) is 34.9 Å². The first-order valence-corrected chi connectivity index (χ1v) is 8.56. The Morgan fingerprint density at radius 2 is 2.33 bits per heavy atom. The molecule has 0 radical (unpaired) electrons. The maximum absolute atomic E-state index is 13.1. The van der Waals surface area contributed by atoms with Crippen LogP contribution < -0.4 is 0 Å². The first-order chi connectivity index (χ1) is 11.6. The van der Waals surface area contributed by atoms with E-state index < -0.39 is 0 Å². The van der Waals surface area contributed by atoms with Crippen LogP contribution in [0.3, 0.4) is 0 Å². The fourth-order valence-corrected chi connectivity index (χ4v) is 3.68. The third-order valence-electron chi connectivity index (χ3n) is 4.67. The Kier molecular flexibility index (Phi) is 3.81. The molecule has 0 spiro atoms. The van der Waals surface area contributed by atoms with Crippen LogP contribution >= 0.6 is 11.6 Å². The number of benzene rings is 1. The zero-order chi connectivity index (χ0) is 16.7. The first kappa shape index (κ1) is 15.3. The summed E-state index contributed by atoms with van der Waals surface area (Å²) in [7, 11) is 0. The highest BCUT2D eigenvalue weighted by atomic mass is 35.5. The maximum atomic E-state index is 13.1. The molecule has 1 amide bonds. The summed E-state index contributed by atoms with van der Waals surface area (Å²) in [6.07, 6.45) is 7.71. The van der Waals surface area contributed by atoms with Crippen molar-refractivity contribution in [3.8, 4) is 0 Å². The fraction of sp³-hybridized carbons (Fsp3) is 0.333. The van der Waals surface area contributed by atoms with Crippen molar-refractivity contribution in [1.29, 1.82) is 0 Å². The number of halogens is 1. The molecule has 0 saturated carbocycles. The van der Waals surface area contributed by atoms with Crippen molar-refractivity contribution in [3.63, 3.8) is 0 Å². The van der Waals surface area contributed by atoms with Crippen LogP contribution in [-0.4, -0.2) is 38.2 Å². The number of amides is 1. The predicted octanol–water partition coefficient (Wildman–Crippen LogP) is 3.63. The van der Waals surface area contributed by atoms with Crippen LogP contribution in [0.15, 0.2) is 36.8 Å². The van der Waals surface area contributed by atoms with Gasteiger partial charge in [0.25, 0.3) is 5.91 Å². The Morgan fingerprint density at radius 1 is 1.46 bits per heavy atom. The highest BCUT2D eigenvalue weighted by molar-refractivity contribution is 6.31. The molecule has 5 nitrogen and oxygen atoms in total. The Labute approximate surface area is 145 Å². The van der Waals surface area contributed by atoms with Crippen LogP contribution in [0.25, 0.3) is 10.9 Å². The van der Waals surface area contributed by atoms with E-state index in [0.29, 0.717) is 10.6 Å². The summed E-state index contributed by atoms with van der Waals surface area (Å²) in [6, 6.07) is 5.77. The van der Waals surface area contributed by atoms with Crippen molar-refractivity contribution in [3.05, 3.63) is 52.9 Å². The zero-order valence-corrected chi connectivity index (χ0v) is 14.3. The van der Waals surface area contributed by atoms with Gasteiger partial charge in [0.1, 0.15) is 0 Å². The van der Waals surface area contributed by atoms with Gasteiger partial charge in [-0.25, -0.2) is 0 Å². The molecule has 3 heterocycles. The van der Waals surface area contributed by atoms with Crippen molar-refractivity contribution in [2.24, 2.45) is 0 Å². The molecule has 1 atom stereocenters. The third kappa shape index (κ3) is 2.69. The number of nitrogens with one attached hydrogen (secondary N) is 1. The smallest absolute Gasteiger partial charge is 0.256 e. The van der Waals surface area contributed by atoms with E-state index >= 15 is 0 Å². The molecule has 1 aliphatic heterocycles. The van der Waals surface area contributed by atoms with E-state index in [1.807, 2.05) is 47.1 Å². The molecule has 1 saturated heterocycles. The summed E-state index contributed by atoms with van der Waals surface area (Å²) >= 11 is 6.02. The molecular weight excluding hydrogens is 324 g/mol. The third-order valence-corrected chi connectivity index (χ3v) is 4.91. The van der Waals surface area contributed by atoms with Gasteiger partial charge < -0.3 is 9.88 Å². The molecule has 0 unspecified atom stereocenters. The van der Waals surface area contributed by atoms with Crippen LogP contribution in [0.5, 0.6) is 0 Å². The van der Waals surface area contributed by atoms with Crippen LogP contribution in [0, 0.1) is 6.92 Å². The van der Waals surface area contributed by atoms with E-state index in [-0.39, 0.29) is 11.9 Å². The lowest BCUT2D eigenvalue weighted by Gasteiger charge is -2.24. The monoisotopic (exact) mass is 342 g/mol. The minimum atomic E-state index is 0.0787. The van der Waals surface area contributed by atoms with Gasteiger partial charge in [0.05, 0.1) is 24.3 Å². The summed E-state index contributed by atoms with van der Waals surface area (Å²) in [5.74, 6) is 0.0787. The number of rotatable bonds is 3. The molecule has 6 heteroatoms. The summed E-state index contributed by atoms with van der Waals surface area (Å²) in [5.41, 5.74) is 2.74. The molecule has 24 heavy (non-hydrogen) atoms. The highest BCUT2D eigenvalue weighted by Crippen LogP contribution is 2.27. The first-order valence-electron chi connectivity index (χ1n) is 8.18. The van der Waals surface area contributed by atoms with E-state index in [0.717, 1.165) is 42.4 Å². The van der Waals surface area contributed by atoms with E-state index in [1.165, 1.54) is 0 Å². The molecule has 4 rings (SSSR count). The molecule has 1 aliphatic rings. The lowest BCUT2D eigenvalue weighted by Crippen LogP contribution is -2.38. The lowest BCUT2D eigenvalue weighted by atomic mass is 10.1. The molecule has 0 bridgehead atoms. The number of nitrogens with zero attached hydrogens (tertiary/aromatic N) is 3. The summed E-state index contributed by atoms with van der Waals surface area (Å²) in [6.45, 7) is 3.57. The number of likely N-dealkylation sites (tertiary alicyclic amines) is 1. The Hall–Kier alpha value is -2.27. The van der Waals surface area contributed by atoms with Gasteiger partial charge in [0.2, 0.25) is 0 Å². The van der Waals surface area contributed by atoms with Crippen molar-refractivity contribution in [2.45, 2.75) is 32.4 Å². The topological polar surface area (TPSA) is 53.9 Å². The minimum Gasteiger partial charge on any atom is -0.360 e. The van der Waals surface area contributed by atoms with Crippen LogP contribution in [-0.2, 0) is 6.54 Å². The second-order valence-corrected chi connectivity index (χ2v) is 6.86. The highest BCUT2D eigenvalue weighted by Gasteiger charge is 2.31. The predicted molar refractivity (Wildman–Crippen MR) is 94.3 cm³/mol. The maximum Gasteiger partial charge on any atom is 0.256 e. The summed E-state index contributed by atoms with van der Waals surface area (Å²) < 4.78 is 1.93. The molecule has 124 valence electrons. The lowest BCUT2D eigenvalue weighted by molar-refractivity contribution is 0.0723. The Morgan fingerprint density at radius 3 is 3.12 bits per heavy atom. The van der Waals surface area contributed by atoms with Crippen molar-refractivity contribution >= 4 is 28.4 Å².